The van der Waals surface area contributed by atoms with Crippen LogP contribution in [0.25, 0.3) is 5.69 Å². The SMILES string of the molecule is Cc1cc(C)n(-c2ccc(NC(=O)CCC(C)N)cc2F)n1. The Morgan fingerprint density at radius 2 is 2.14 bits per heavy atom. The lowest BCUT2D eigenvalue weighted by Crippen LogP contribution is -2.19. The van der Waals surface area contributed by atoms with Gasteiger partial charge in [0, 0.05) is 23.8 Å². The van der Waals surface area contributed by atoms with Gasteiger partial charge in [-0.1, -0.05) is 0 Å². The number of carbonyl (C=O) groups is 1. The fraction of sp³-hybridized carbons (Fsp3) is 0.375. The number of halogens is 1. The second-order valence-electron chi connectivity index (χ2n) is 5.57. The van der Waals surface area contributed by atoms with Crippen molar-refractivity contribution in [2.45, 2.75) is 39.7 Å². The van der Waals surface area contributed by atoms with E-state index in [4.69, 9.17) is 5.73 Å². The van der Waals surface area contributed by atoms with Crippen LogP contribution in [-0.2, 0) is 4.79 Å². The molecule has 1 heterocycles. The number of hydrogen-bond donors (Lipinski definition) is 2. The maximum atomic E-state index is 14.3. The van der Waals surface area contributed by atoms with Gasteiger partial charge in [0.25, 0.3) is 0 Å². The summed E-state index contributed by atoms with van der Waals surface area (Å²) < 4.78 is 15.8. The molecule has 6 heteroatoms. The summed E-state index contributed by atoms with van der Waals surface area (Å²) in [4.78, 5) is 11.7. The number of rotatable bonds is 5. The van der Waals surface area contributed by atoms with Crippen LogP contribution in [0, 0.1) is 19.7 Å². The van der Waals surface area contributed by atoms with Gasteiger partial charge in [-0.15, -0.1) is 0 Å². The first-order chi connectivity index (χ1) is 10.4. The van der Waals surface area contributed by atoms with Crippen LogP contribution in [0.1, 0.15) is 31.2 Å². The summed E-state index contributed by atoms with van der Waals surface area (Å²) in [6.45, 7) is 5.56. The van der Waals surface area contributed by atoms with Crippen LogP contribution in [0.15, 0.2) is 24.3 Å². The van der Waals surface area contributed by atoms with Gasteiger partial charge in [-0.3, -0.25) is 4.79 Å². The zero-order valence-corrected chi connectivity index (χ0v) is 13.1. The first-order valence-electron chi connectivity index (χ1n) is 7.25. The van der Waals surface area contributed by atoms with Crippen LogP contribution >= 0.6 is 0 Å². The topological polar surface area (TPSA) is 72.9 Å². The molecule has 2 aromatic rings. The monoisotopic (exact) mass is 304 g/mol. The lowest BCUT2D eigenvalue weighted by molar-refractivity contribution is -0.116. The molecule has 0 saturated carbocycles. The molecule has 0 fully saturated rings. The number of anilines is 1. The largest absolute Gasteiger partial charge is 0.328 e. The molecule has 0 spiro atoms. The highest BCUT2D eigenvalue weighted by Gasteiger charge is 2.11. The van der Waals surface area contributed by atoms with Gasteiger partial charge in [0.15, 0.2) is 5.82 Å². The fourth-order valence-corrected chi connectivity index (χ4v) is 2.21. The average molecular weight is 304 g/mol. The van der Waals surface area contributed by atoms with E-state index in [1.54, 1.807) is 16.8 Å². The van der Waals surface area contributed by atoms with Crippen molar-refractivity contribution in [3.8, 4) is 5.69 Å². The van der Waals surface area contributed by atoms with Crippen LogP contribution in [-0.4, -0.2) is 21.7 Å². The molecular weight excluding hydrogens is 283 g/mol. The lowest BCUT2D eigenvalue weighted by Gasteiger charge is -2.10. The Labute approximate surface area is 129 Å². The molecule has 3 N–H and O–H groups in total. The Bertz CT molecular complexity index is 679. The molecule has 0 radical (unpaired) electrons. The minimum atomic E-state index is -0.434. The molecule has 1 unspecified atom stereocenters. The minimum Gasteiger partial charge on any atom is -0.328 e. The standard InChI is InChI=1S/C16H21FN4O/c1-10(18)4-7-16(22)19-13-5-6-15(14(17)9-13)21-12(3)8-11(2)20-21/h5-6,8-10H,4,7,18H2,1-3H3,(H,19,22). The number of aromatic nitrogens is 2. The summed E-state index contributed by atoms with van der Waals surface area (Å²) in [7, 11) is 0. The Kier molecular flexibility index (Phi) is 4.92. The van der Waals surface area contributed by atoms with E-state index in [2.05, 4.69) is 10.4 Å². The number of nitrogens with two attached hydrogens (primary N) is 1. The Hall–Kier alpha value is -2.21. The van der Waals surface area contributed by atoms with Gasteiger partial charge in [-0.2, -0.15) is 5.10 Å². The molecule has 0 aliphatic carbocycles. The average Bonchev–Trinajstić information content (AvgIpc) is 2.75. The van der Waals surface area contributed by atoms with Crippen LogP contribution < -0.4 is 11.1 Å². The quantitative estimate of drug-likeness (QED) is 0.892. The smallest absolute Gasteiger partial charge is 0.224 e. The van der Waals surface area contributed by atoms with Crippen LogP contribution in [0.4, 0.5) is 10.1 Å². The molecule has 5 nitrogen and oxygen atoms in total. The molecule has 22 heavy (non-hydrogen) atoms. The van der Waals surface area contributed by atoms with Crippen LogP contribution in [0.2, 0.25) is 0 Å². The predicted octanol–water partition coefficient (Wildman–Crippen LogP) is 2.69. The number of carbonyl (C=O) groups excluding carboxylic acids is 1. The highest BCUT2D eigenvalue weighted by atomic mass is 19.1. The molecular formula is C16H21FN4O. The van der Waals surface area contributed by atoms with Crippen LogP contribution in [0.5, 0.6) is 0 Å². The van der Waals surface area contributed by atoms with E-state index in [1.807, 2.05) is 26.8 Å². The molecule has 0 bridgehead atoms. The molecule has 1 aromatic heterocycles. The van der Waals surface area contributed by atoms with E-state index in [9.17, 15) is 9.18 Å². The molecule has 2 rings (SSSR count). The van der Waals surface area contributed by atoms with Gasteiger partial charge >= 0.3 is 0 Å². The van der Waals surface area contributed by atoms with Crippen molar-refractivity contribution in [2.75, 3.05) is 5.32 Å². The molecule has 0 aliphatic rings. The molecule has 0 saturated heterocycles. The molecule has 118 valence electrons. The summed E-state index contributed by atoms with van der Waals surface area (Å²) in [6, 6.07) is 6.42. The molecule has 0 aliphatic heterocycles. The first-order valence-corrected chi connectivity index (χ1v) is 7.25. The number of hydrogen-bond acceptors (Lipinski definition) is 3. The van der Waals surface area contributed by atoms with Crippen molar-refractivity contribution in [2.24, 2.45) is 5.73 Å². The Balaban J connectivity index is 2.13. The third kappa shape index (κ3) is 3.92. The molecule has 1 atom stereocenters. The minimum absolute atomic E-state index is 0.0316. The summed E-state index contributed by atoms with van der Waals surface area (Å²) in [5.41, 5.74) is 8.07. The summed E-state index contributed by atoms with van der Waals surface area (Å²) in [5.74, 6) is -0.605. The highest BCUT2D eigenvalue weighted by molar-refractivity contribution is 5.90. The van der Waals surface area contributed by atoms with Gasteiger partial charge < -0.3 is 11.1 Å². The van der Waals surface area contributed by atoms with E-state index in [0.717, 1.165) is 11.4 Å². The van der Waals surface area contributed by atoms with Crippen molar-refractivity contribution in [3.63, 3.8) is 0 Å². The number of nitrogens with zero attached hydrogens (tertiary/aromatic N) is 2. The fourth-order valence-electron chi connectivity index (χ4n) is 2.21. The summed E-state index contributed by atoms with van der Waals surface area (Å²) >= 11 is 0. The van der Waals surface area contributed by atoms with Gasteiger partial charge in [0.2, 0.25) is 5.91 Å². The maximum Gasteiger partial charge on any atom is 0.224 e. The molecule has 1 aromatic carbocycles. The van der Waals surface area contributed by atoms with Crippen molar-refractivity contribution in [1.29, 1.82) is 0 Å². The van der Waals surface area contributed by atoms with Crippen molar-refractivity contribution < 1.29 is 9.18 Å². The summed E-state index contributed by atoms with van der Waals surface area (Å²) in [6.07, 6.45) is 0.913. The second-order valence-corrected chi connectivity index (χ2v) is 5.57. The van der Waals surface area contributed by atoms with Gasteiger partial charge in [0.1, 0.15) is 5.69 Å². The van der Waals surface area contributed by atoms with E-state index in [0.29, 0.717) is 24.2 Å². The first kappa shape index (κ1) is 16.2. The third-order valence-electron chi connectivity index (χ3n) is 3.30. The Morgan fingerprint density at radius 3 is 2.68 bits per heavy atom. The van der Waals surface area contributed by atoms with E-state index in [1.165, 1.54) is 6.07 Å². The zero-order chi connectivity index (χ0) is 16.3. The van der Waals surface area contributed by atoms with Gasteiger partial charge in [-0.25, -0.2) is 9.07 Å². The van der Waals surface area contributed by atoms with Gasteiger partial charge in [0.05, 0.1) is 5.69 Å². The Morgan fingerprint density at radius 1 is 1.41 bits per heavy atom. The van der Waals surface area contributed by atoms with E-state index < -0.39 is 5.82 Å². The maximum absolute atomic E-state index is 14.3. The number of amides is 1. The second kappa shape index (κ2) is 6.70. The lowest BCUT2D eigenvalue weighted by atomic mass is 10.2. The zero-order valence-electron chi connectivity index (χ0n) is 13.1. The highest BCUT2D eigenvalue weighted by Crippen LogP contribution is 2.20. The number of nitrogens with one attached hydrogen (secondary N) is 1. The van der Waals surface area contributed by atoms with E-state index in [-0.39, 0.29) is 11.9 Å². The number of benzene rings is 1. The molecule has 1 amide bonds. The van der Waals surface area contributed by atoms with Crippen molar-refractivity contribution in [1.82, 2.24) is 9.78 Å². The van der Waals surface area contributed by atoms with Crippen molar-refractivity contribution >= 4 is 11.6 Å². The van der Waals surface area contributed by atoms with E-state index >= 15 is 0 Å². The third-order valence-corrected chi connectivity index (χ3v) is 3.30. The normalized spacial score (nSPS) is 12.2. The number of aryl methyl sites for hydroxylation is 2. The summed E-state index contributed by atoms with van der Waals surface area (Å²) in [5, 5.41) is 6.93. The van der Waals surface area contributed by atoms with Crippen LogP contribution in [0.3, 0.4) is 0 Å². The van der Waals surface area contributed by atoms with Gasteiger partial charge in [-0.05, 0) is 51.5 Å². The van der Waals surface area contributed by atoms with Crippen molar-refractivity contribution in [3.05, 3.63) is 41.5 Å². The predicted molar refractivity (Wildman–Crippen MR) is 84.5 cm³/mol.